The van der Waals surface area contributed by atoms with Crippen molar-refractivity contribution < 1.29 is 14.9 Å². The zero-order valence-electron chi connectivity index (χ0n) is 7.18. The highest BCUT2D eigenvalue weighted by molar-refractivity contribution is 5.27. The van der Waals surface area contributed by atoms with Crippen molar-refractivity contribution in [2.45, 2.75) is 12.2 Å². The Morgan fingerprint density at radius 3 is 2.15 bits per heavy atom. The topological polar surface area (TPSA) is 49.7 Å². The van der Waals surface area contributed by atoms with Crippen molar-refractivity contribution >= 4 is 0 Å². The second-order valence-corrected chi connectivity index (χ2v) is 3.24. The summed E-state index contributed by atoms with van der Waals surface area (Å²) >= 11 is 0. The second-order valence-electron chi connectivity index (χ2n) is 3.24. The van der Waals surface area contributed by atoms with Gasteiger partial charge in [0.25, 0.3) is 0 Å². The minimum atomic E-state index is -0.576. The average molecular weight is 180 g/mol. The van der Waals surface area contributed by atoms with E-state index >= 15 is 0 Å². The first kappa shape index (κ1) is 8.69. The summed E-state index contributed by atoms with van der Waals surface area (Å²) < 4.78 is 5.12. The maximum Gasteiger partial charge on any atom is 0.102 e. The minimum absolute atomic E-state index is 0.251. The highest BCUT2D eigenvalue weighted by Gasteiger charge is 2.16. The molecule has 1 aliphatic heterocycles. The first-order valence-corrected chi connectivity index (χ1v) is 4.31. The molecule has 1 aromatic rings. The lowest BCUT2D eigenvalue weighted by Crippen LogP contribution is -2.16. The number of benzene rings is 1. The van der Waals surface area contributed by atoms with Gasteiger partial charge in [-0.2, -0.15) is 0 Å². The molecule has 0 aromatic heterocycles. The van der Waals surface area contributed by atoms with E-state index in [1.807, 2.05) is 24.3 Å². The maximum absolute atomic E-state index is 9.56. The Morgan fingerprint density at radius 1 is 1.08 bits per heavy atom. The van der Waals surface area contributed by atoms with Gasteiger partial charge in [0.2, 0.25) is 0 Å². The maximum atomic E-state index is 9.56. The van der Waals surface area contributed by atoms with Crippen molar-refractivity contribution in [3.63, 3.8) is 0 Å². The lowest BCUT2D eigenvalue weighted by atomic mass is 10.0. The van der Waals surface area contributed by atoms with Crippen LogP contribution >= 0.6 is 0 Å². The molecule has 0 spiro atoms. The van der Waals surface area contributed by atoms with E-state index < -0.39 is 12.2 Å². The van der Waals surface area contributed by atoms with E-state index in [1.165, 1.54) is 0 Å². The Labute approximate surface area is 76.6 Å². The van der Waals surface area contributed by atoms with Gasteiger partial charge < -0.3 is 14.9 Å². The fourth-order valence-electron chi connectivity index (χ4n) is 1.46. The zero-order chi connectivity index (χ0) is 9.26. The summed E-state index contributed by atoms with van der Waals surface area (Å²) in [4.78, 5) is 0. The molecule has 2 atom stereocenters. The molecular formula is C10H12O3. The summed E-state index contributed by atoms with van der Waals surface area (Å²) in [5, 5.41) is 19.1. The third kappa shape index (κ3) is 1.72. The third-order valence-corrected chi connectivity index (χ3v) is 2.23. The molecule has 70 valence electrons. The van der Waals surface area contributed by atoms with Crippen LogP contribution in [0, 0.1) is 0 Å². The molecule has 2 unspecified atom stereocenters. The van der Waals surface area contributed by atoms with Crippen molar-refractivity contribution in [2.24, 2.45) is 0 Å². The van der Waals surface area contributed by atoms with Gasteiger partial charge in [-0.3, -0.25) is 0 Å². The Bertz CT molecular complexity index is 273. The fraction of sp³-hybridized carbons (Fsp3) is 0.400. The van der Waals surface area contributed by atoms with Crippen molar-refractivity contribution in [3.05, 3.63) is 35.4 Å². The first-order valence-electron chi connectivity index (χ1n) is 4.31. The number of hydrogen-bond donors (Lipinski definition) is 2. The average Bonchev–Trinajstić information content (AvgIpc) is 2.16. The van der Waals surface area contributed by atoms with Gasteiger partial charge in [0.1, 0.15) is 12.2 Å². The number of aliphatic hydroxyl groups excluding tert-OH is 2. The van der Waals surface area contributed by atoms with Crippen molar-refractivity contribution in [1.82, 2.24) is 0 Å². The van der Waals surface area contributed by atoms with Gasteiger partial charge in [0.15, 0.2) is 0 Å². The highest BCUT2D eigenvalue weighted by Crippen LogP contribution is 2.22. The molecule has 1 heterocycles. The van der Waals surface area contributed by atoms with E-state index in [0.29, 0.717) is 0 Å². The Balaban J connectivity index is 2.39. The summed E-state index contributed by atoms with van der Waals surface area (Å²) in [6, 6.07) is 7.31. The molecule has 2 rings (SSSR count). The smallest absolute Gasteiger partial charge is 0.102 e. The van der Waals surface area contributed by atoms with Gasteiger partial charge in [-0.15, -0.1) is 0 Å². The molecule has 0 saturated carbocycles. The number of rotatable bonds is 0. The monoisotopic (exact) mass is 180 g/mol. The van der Waals surface area contributed by atoms with Crippen LogP contribution in [0.2, 0.25) is 0 Å². The predicted octanol–water partition coefficient (Wildman–Crippen LogP) is 0.784. The van der Waals surface area contributed by atoms with Crippen LogP contribution in [0.4, 0.5) is 0 Å². The largest absolute Gasteiger partial charge is 0.386 e. The molecule has 0 radical (unpaired) electrons. The van der Waals surface area contributed by atoms with Crippen LogP contribution in [0.15, 0.2) is 24.3 Å². The van der Waals surface area contributed by atoms with Crippen LogP contribution in [-0.2, 0) is 4.74 Å². The molecule has 13 heavy (non-hydrogen) atoms. The van der Waals surface area contributed by atoms with Gasteiger partial charge in [-0.1, -0.05) is 24.3 Å². The Morgan fingerprint density at radius 2 is 1.62 bits per heavy atom. The van der Waals surface area contributed by atoms with E-state index in [1.54, 1.807) is 0 Å². The summed E-state index contributed by atoms with van der Waals surface area (Å²) in [6.07, 6.45) is -1.15. The Hall–Kier alpha value is -0.900. The molecule has 0 amide bonds. The predicted molar refractivity (Wildman–Crippen MR) is 47.2 cm³/mol. The van der Waals surface area contributed by atoms with Crippen LogP contribution in [0.25, 0.3) is 0 Å². The molecule has 1 aliphatic rings. The number of hydrogen-bond acceptors (Lipinski definition) is 3. The molecule has 3 nitrogen and oxygen atoms in total. The standard InChI is InChI=1S/C10H12O3/c11-9-5-13-6-10(12)8-3-1-2-7(9)4-8/h1-4,9-12H,5-6H2. The minimum Gasteiger partial charge on any atom is -0.386 e. The summed E-state index contributed by atoms with van der Waals surface area (Å²) in [5.74, 6) is 0. The molecule has 2 N–H and O–H groups in total. The first-order chi connectivity index (χ1) is 6.27. The number of ether oxygens (including phenoxy) is 1. The lowest BCUT2D eigenvalue weighted by molar-refractivity contribution is -0.0128. The van der Waals surface area contributed by atoms with Crippen LogP contribution in [-0.4, -0.2) is 23.4 Å². The van der Waals surface area contributed by atoms with Gasteiger partial charge >= 0.3 is 0 Å². The van der Waals surface area contributed by atoms with Crippen LogP contribution in [0.1, 0.15) is 23.3 Å². The van der Waals surface area contributed by atoms with E-state index in [9.17, 15) is 10.2 Å². The van der Waals surface area contributed by atoms with Crippen molar-refractivity contribution in [3.8, 4) is 0 Å². The van der Waals surface area contributed by atoms with Crippen LogP contribution < -0.4 is 0 Å². The molecular weight excluding hydrogens is 168 g/mol. The fourth-order valence-corrected chi connectivity index (χ4v) is 1.46. The molecule has 1 aromatic carbocycles. The van der Waals surface area contributed by atoms with Gasteiger partial charge in [0, 0.05) is 0 Å². The summed E-state index contributed by atoms with van der Waals surface area (Å²) in [6.45, 7) is 0.501. The van der Waals surface area contributed by atoms with Gasteiger partial charge in [-0.25, -0.2) is 0 Å². The molecule has 0 saturated heterocycles. The van der Waals surface area contributed by atoms with Crippen molar-refractivity contribution in [1.29, 1.82) is 0 Å². The van der Waals surface area contributed by atoms with Crippen LogP contribution in [0.5, 0.6) is 0 Å². The van der Waals surface area contributed by atoms with E-state index in [2.05, 4.69) is 0 Å². The lowest BCUT2D eigenvalue weighted by Gasteiger charge is -2.19. The van der Waals surface area contributed by atoms with Crippen LogP contribution in [0.3, 0.4) is 0 Å². The third-order valence-electron chi connectivity index (χ3n) is 2.23. The molecule has 3 heteroatoms. The quantitative estimate of drug-likeness (QED) is 0.620. The van der Waals surface area contributed by atoms with Gasteiger partial charge in [-0.05, 0) is 11.1 Å². The molecule has 0 fully saturated rings. The van der Waals surface area contributed by atoms with E-state index in [-0.39, 0.29) is 13.2 Å². The molecule has 0 aliphatic carbocycles. The number of aliphatic hydroxyl groups is 2. The highest BCUT2D eigenvalue weighted by atomic mass is 16.5. The SMILES string of the molecule is OC1COCC(O)c2cccc1c2. The summed E-state index contributed by atoms with van der Waals surface area (Å²) in [5.41, 5.74) is 1.60. The number of fused-ring (bicyclic) bond motifs is 2. The normalized spacial score (nSPS) is 27.8. The van der Waals surface area contributed by atoms with Crippen molar-refractivity contribution in [2.75, 3.05) is 13.2 Å². The summed E-state index contributed by atoms with van der Waals surface area (Å²) in [7, 11) is 0. The van der Waals surface area contributed by atoms with Gasteiger partial charge in [0.05, 0.1) is 13.2 Å². The van der Waals surface area contributed by atoms with E-state index in [4.69, 9.17) is 4.74 Å². The Kier molecular flexibility index (Phi) is 2.31. The zero-order valence-corrected chi connectivity index (χ0v) is 7.18. The van der Waals surface area contributed by atoms with E-state index in [0.717, 1.165) is 11.1 Å². The molecule has 2 bridgehead atoms. The second kappa shape index (κ2) is 3.46.